The Bertz CT molecular complexity index is 277. The minimum absolute atomic E-state index is 0.237. The minimum Gasteiger partial charge on any atom is -0.395 e. The van der Waals surface area contributed by atoms with Crippen LogP contribution in [-0.2, 0) is 4.79 Å². The lowest BCUT2D eigenvalue weighted by Gasteiger charge is -2.25. The number of hydrogen-bond acceptors (Lipinski definition) is 4. The van der Waals surface area contributed by atoms with Crippen LogP contribution in [0, 0.1) is 5.92 Å². The molecule has 0 radical (unpaired) electrons. The summed E-state index contributed by atoms with van der Waals surface area (Å²) in [5.41, 5.74) is 0. The van der Waals surface area contributed by atoms with Gasteiger partial charge in [-0.25, -0.2) is 0 Å². The van der Waals surface area contributed by atoms with Crippen molar-refractivity contribution >= 4 is 5.78 Å². The second-order valence-corrected chi connectivity index (χ2v) is 6.00. The molecule has 0 aromatic heterocycles. The third-order valence-electron chi connectivity index (χ3n) is 4.54. The van der Waals surface area contributed by atoms with E-state index >= 15 is 0 Å². The van der Waals surface area contributed by atoms with Gasteiger partial charge in [0, 0.05) is 25.6 Å². The first kappa shape index (κ1) is 14.9. The molecule has 1 saturated carbocycles. The van der Waals surface area contributed by atoms with E-state index in [1.165, 1.54) is 19.3 Å². The highest BCUT2D eigenvalue weighted by Crippen LogP contribution is 2.24. The molecule has 2 fully saturated rings. The average molecular weight is 268 g/mol. The van der Waals surface area contributed by atoms with Gasteiger partial charge in [0.15, 0.2) is 0 Å². The maximum atomic E-state index is 12.3. The predicted octanol–water partition coefficient (Wildman–Crippen LogP) is 1.14. The molecule has 2 aliphatic rings. The summed E-state index contributed by atoms with van der Waals surface area (Å²) >= 11 is 0. The van der Waals surface area contributed by atoms with Crippen molar-refractivity contribution in [3.8, 4) is 0 Å². The number of Topliss-reactive ketones (excluding diaryl/α,β-unsaturated/α-hetero) is 1. The molecule has 4 nitrogen and oxygen atoms in total. The van der Waals surface area contributed by atoms with Crippen LogP contribution in [-0.4, -0.2) is 66.6 Å². The maximum Gasteiger partial charge on any atom is 0.149 e. The average Bonchev–Trinajstić information content (AvgIpc) is 2.66. The fraction of sp³-hybridized carbons (Fsp3) is 0.933. The van der Waals surface area contributed by atoms with Gasteiger partial charge in [-0.05, 0) is 32.4 Å². The fourth-order valence-corrected chi connectivity index (χ4v) is 3.32. The first-order valence-electron chi connectivity index (χ1n) is 7.88. The summed E-state index contributed by atoms with van der Waals surface area (Å²) in [6, 6.07) is 0. The second kappa shape index (κ2) is 7.98. The summed E-state index contributed by atoms with van der Waals surface area (Å²) in [6.07, 6.45) is 7.12. The van der Waals surface area contributed by atoms with Gasteiger partial charge in [-0.2, -0.15) is 0 Å². The summed E-state index contributed by atoms with van der Waals surface area (Å²) in [6.45, 7) is 5.69. The molecular weight excluding hydrogens is 240 g/mol. The third kappa shape index (κ3) is 4.86. The summed E-state index contributed by atoms with van der Waals surface area (Å²) in [5, 5.41) is 8.98. The minimum atomic E-state index is 0.237. The molecule has 0 atom stereocenters. The molecule has 0 unspecified atom stereocenters. The molecule has 19 heavy (non-hydrogen) atoms. The van der Waals surface area contributed by atoms with Gasteiger partial charge in [-0.15, -0.1) is 0 Å². The summed E-state index contributed by atoms with van der Waals surface area (Å²) in [7, 11) is 0. The van der Waals surface area contributed by atoms with E-state index in [0.29, 0.717) is 18.2 Å². The highest BCUT2D eigenvalue weighted by molar-refractivity contribution is 5.83. The molecule has 2 rings (SSSR count). The molecule has 110 valence electrons. The van der Waals surface area contributed by atoms with Crippen LogP contribution in [0.25, 0.3) is 0 Å². The Hall–Kier alpha value is -0.450. The molecule has 1 aliphatic heterocycles. The Morgan fingerprint density at radius 2 is 1.63 bits per heavy atom. The number of hydrogen-bond donors (Lipinski definition) is 1. The van der Waals surface area contributed by atoms with Crippen molar-refractivity contribution in [1.29, 1.82) is 0 Å². The molecule has 0 aromatic rings. The van der Waals surface area contributed by atoms with E-state index < -0.39 is 0 Å². The van der Waals surface area contributed by atoms with Crippen molar-refractivity contribution in [1.82, 2.24) is 9.80 Å². The summed E-state index contributed by atoms with van der Waals surface area (Å²) < 4.78 is 0. The van der Waals surface area contributed by atoms with Gasteiger partial charge in [-0.3, -0.25) is 14.6 Å². The lowest BCUT2D eigenvalue weighted by molar-refractivity contribution is -0.124. The zero-order valence-corrected chi connectivity index (χ0v) is 12.0. The number of aliphatic hydroxyl groups is 1. The van der Waals surface area contributed by atoms with Gasteiger partial charge >= 0.3 is 0 Å². The quantitative estimate of drug-likeness (QED) is 0.812. The first-order valence-corrected chi connectivity index (χ1v) is 7.88. The van der Waals surface area contributed by atoms with Crippen molar-refractivity contribution in [3.63, 3.8) is 0 Å². The lowest BCUT2D eigenvalue weighted by Crippen LogP contribution is -2.37. The van der Waals surface area contributed by atoms with Crippen molar-refractivity contribution in [3.05, 3.63) is 0 Å². The monoisotopic (exact) mass is 268 g/mol. The fourth-order valence-electron chi connectivity index (χ4n) is 3.32. The molecule has 1 saturated heterocycles. The van der Waals surface area contributed by atoms with Gasteiger partial charge < -0.3 is 5.11 Å². The van der Waals surface area contributed by atoms with Gasteiger partial charge in [0.1, 0.15) is 5.78 Å². The van der Waals surface area contributed by atoms with E-state index in [1.54, 1.807) is 0 Å². The van der Waals surface area contributed by atoms with Crippen LogP contribution < -0.4 is 0 Å². The number of β-amino-alcohol motifs (C(OH)–C–C–N with tert-alkyl or cyclic N) is 1. The number of rotatable bonds is 5. The van der Waals surface area contributed by atoms with Crippen LogP contribution in [0.1, 0.15) is 38.5 Å². The van der Waals surface area contributed by atoms with Gasteiger partial charge in [0.25, 0.3) is 0 Å². The van der Waals surface area contributed by atoms with Crippen molar-refractivity contribution < 1.29 is 9.90 Å². The van der Waals surface area contributed by atoms with E-state index in [0.717, 1.165) is 52.0 Å². The second-order valence-electron chi connectivity index (χ2n) is 6.00. The molecule has 0 amide bonds. The van der Waals surface area contributed by atoms with Crippen LogP contribution in [0.2, 0.25) is 0 Å². The highest BCUT2D eigenvalue weighted by Gasteiger charge is 2.23. The first-order chi connectivity index (χ1) is 9.29. The number of carbonyl (C=O) groups is 1. The van der Waals surface area contributed by atoms with Crippen LogP contribution in [0.15, 0.2) is 0 Å². The zero-order chi connectivity index (χ0) is 13.5. The smallest absolute Gasteiger partial charge is 0.149 e. The number of ketones is 1. The van der Waals surface area contributed by atoms with Crippen LogP contribution in [0.5, 0.6) is 0 Å². The van der Waals surface area contributed by atoms with Crippen LogP contribution >= 0.6 is 0 Å². The Morgan fingerprint density at radius 3 is 2.37 bits per heavy atom. The Kier molecular flexibility index (Phi) is 6.28. The Balaban J connectivity index is 1.74. The molecular formula is C15H28N2O2. The van der Waals surface area contributed by atoms with Crippen molar-refractivity contribution in [2.75, 3.05) is 45.9 Å². The summed E-state index contributed by atoms with van der Waals surface area (Å²) in [5.74, 6) is 0.806. The van der Waals surface area contributed by atoms with E-state index in [2.05, 4.69) is 9.80 Å². The molecule has 1 aliphatic carbocycles. The Morgan fingerprint density at radius 1 is 0.947 bits per heavy atom. The predicted molar refractivity (Wildman–Crippen MR) is 76.2 cm³/mol. The standard InChI is InChI=1S/C15H28N2O2/c18-12-11-16-7-4-8-17(10-9-16)13-15(19)14-5-2-1-3-6-14/h14,18H,1-13H2. The SMILES string of the molecule is O=C(CN1CCCN(CCO)CC1)C1CCCCC1. The van der Waals surface area contributed by atoms with E-state index in [9.17, 15) is 4.79 Å². The van der Waals surface area contributed by atoms with Crippen LogP contribution in [0.3, 0.4) is 0 Å². The Labute approximate surface area is 116 Å². The molecule has 0 spiro atoms. The lowest BCUT2D eigenvalue weighted by atomic mass is 9.86. The topological polar surface area (TPSA) is 43.8 Å². The van der Waals surface area contributed by atoms with Crippen LogP contribution in [0.4, 0.5) is 0 Å². The van der Waals surface area contributed by atoms with E-state index in [1.807, 2.05) is 0 Å². The highest BCUT2D eigenvalue weighted by atomic mass is 16.3. The summed E-state index contributed by atoms with van der Waals surface area (Å²) in [4.78, 5) is 16.9. The molecule has 0 bridgehead atoms. The van der Waals surface area contributed by atoms with Gasteiger partial charge in [0.05, 0.1) is 13.2 Å². The molecule has 4 heteroatoms. The number of carbonyl (C=O) groups excluding carboxylic acids is 1. The van der Waals surface area contributed by atoms with E-state index in [4.69, 9.17) is 5.11 Å². The van der Waals surface area contributed by atoms with E-state index in [-0.39, 0.29) is 6.61 Å². The maximum absolute atomic E-state index is 12.3. The van der Waals surface area contributed by atoms with Gasteiger partial charge in [0.2, 0.25) is 0 Å². The number of aliphatic hydroxyl groups excluding tert-OH is 1. The molecule has 0 aromatic carbocycles. The van der Waals surface area contributed by atoms with Gasteiger partial charge in [-0.1, -0.05) is 19.3 Å². The molecule has 1 N–H and O–H groups in total. The molecule has 1 heterocycles. The number of nitrogens with zero attached hydrogens (tertiary/aromatic N) is 2. The normalized spacial score (nSPS) is 24.3. The van der Waals surface area contributed by atoms with Crippen molar-refractivity contribution in [2.24, 2.45) is 5.92 Å². The third-order valence-corrected chi connectivity index (χ3v) is 4.54. The zero-order valence-electron chi connectivity index (χ0n) is 12.0. The van der Waals surface area contributed by atoms with Crippen molar-refractivity contribution in [2.45, 2.75) is 38.5 Å². The largest absolute Gasteiger partial charge is 0.395 e.